The fraction of sp³-hybridized carbons (Fsp3) is 0. The predicted molar refractivity (Wildman–Crippen MR) is 50.7 cm³/mol. The van der Waals surface area contributed by atoms with Gasteiger partial charge in [-0.25, -0.2) is 4.52 Å². The highest BCUT2D eigenvalue weighted by atomic mass is 16.1. The minimum Gasteiger partial charge on any atom is -0.298 e. The topological polar surface area (TPSA) is 34.4 Å². The van der Waals surface area contributed by atoms with Gasteiger partial charge in [-0.1, -0.05) is 18.7 Å². The van der Waals surface area contributed by atoms with Gasteiger partial charge in [0.2, 0.25) is 0 Å². The summed E-state index contributed by atoms with van der Waals surface area (Å²) >= 11 is 0. The first-order valence-corrected chi connectivity index (χ1v) is 3.90. The number of hydrogen-bond acceptors (Lipinski definition) is 2. The highest BCUT2D eigenvalue weighted by Gasteiger charge is 2.01. The molecule has 2 aromatic rings. The Kier molecular flexibility index (Phi) is 1.70. The molecular weight excluding hydrogens is 164 g/mol. The van der Waals surface area contributed by atoms with Crippen LogP contribution in [0.15, 0.2) is 31.1 Å². The molecule has 2 aromatic heterocycles. The maximum Gasteiger partial charge on any atom is 0.153 e. The molecule has 0 amide bonds. The number of nitrogens with zero attached hydrogens (tertiary/aromatic N) is 2. The van der Waals surface area contributed by atoms with Crippen LogP contribution in [0.2, 0.25) is 0 Å². The van der Waals surface area contributed by atoms with E-state index >= 15 is 0 Å². The van der Waals surface area contributed by atoms with Gasteiger partial charge in [0.15, 0.2) is 6.29 Å². The summed E-state index contributed by atoms with van der Waals surface area (Å²) in [5.41, 5.74) is 2.41. The number of fused-ring (bicyclic) bond motifs is 1. The van der Waals surface area contributed by atoms with Crippen LogP contribution in [0.5, 0.6) is 0 Å². The third-order valence-corrected chi connectivity index (χ3v) is 1.93. The number of pyridine rings is 1. The Morgan fingerprint density at radius 3 is 3.00 bits per heavy atom. The molecule has 0 radical (unpaired) electrons. The Hall–Kier alpha value is -1.90. The van der Waals surface area contributed by atoms with E-state index in [-0.39, 0.29) is 0 Å². The van der Waals surface area contributed by atoms with Gasteiger partial charge in [-0.05, 0) is 11.6 Å². The first-order chi connectivity index (χ1) is 6.35. The summed E-state index contributed by atoms with van der Waals surface area (Å²) in [6.07, 6.45) is 5.92. The second-order valence-corrected chi connectivity index (χ2v) is 2.71. The number of aromatic nitrogens is 2. The molecule has 64 valence electrons. The van der Waals surface area contributed by atoms with E-state index in [1.54, 1.807) is 16.8 Å². The Morgan fingerprint density at radius 2 is 2.31 bits per heavy atom. The Morgan fingerprint density at radius 1 is 1.46 bits per heavy atom. The van der Waals surface area contributed by atoms with Crippen molar-refractivity contribution in [3.8, 4) is 0 Å². The molecule has 0 saturated heterocycles. The summed E-state index contributed by atoms with van der Waals surface area (Å²) < 4.78 is 1.67. The van der Waals surface area contributed by atoms with Crippen molar-refractivity contribution in [2.24, 2.45) is 0 Å². The lowest BCUT2D eigenvalue weighted by Crippen LogP contribution is -1.87. The SMILES string of the molecule is C=Cc1ccc2c(C=O)cnn2c1. The predicted octanol–water partition coefficient (Wildman–Crippen LogP) is 1.79. The van der Waals surface area contributed by atoms with Gasteiger partial charge in [0.05, 0.1) is 17.3 Å². The molecule has 2 heterocycles. The molecule has 0 saturated carbocycles. The third-order valence-electron chi connectivity index (χ3n) is 1.93. The highest BCUT2D eigenvalue weighted by molar-refractivity contribution is 5.85. The number of carbonyl (C=O) groups excluding carboxylic acids is 1. The van der Waals surface area contributed by atoms with Crippen LogP contribution in [0.25, 0.3) is 11.6 Å². The van der Waals surface area contributed by atoms with Gasteiger partial charge in [-0.3, -0.25) is 4.79 Å². The largest absolute Gasteiger partial charge is 0.298 e. The fourth-order valence-electron chi connectivity index (χ4n) is 1.23. The molecule has 13 heavy (non-hydrogen) atoms. The average Bonchev–Trinajstić information content (AvgIpc) is 2.59. The maximum absolute atomic E-state index is 10.6. The third kappa shape index (κ3) is 1.14. The van der Waals surface area contributed by atoms with Gasteiger partial charge in [0.25, 0.3) is 0 Å². The highest BCUT2D eigenvalue weighted by Crippen LogP contribution is 2.10. The van der Waals surface area contributed by atoms with E-state index in [1.807, 2.05) is 18.3 Å². The first kappa shape index (κ1) is 7.73. The quantitative estimate of drug-likeness (QED) is 0.647. The van der Waals surface area contributed by atoms with Crippen molar-refractivity contribution < 1.29 is 4.79 Å². The van der Waals surface area contributed by atoms with E-state index < -0.39 is 0 Å². The Bertz CT molecular complexity index is 471. The number of rotatable bonds is 2. The maximum atomic E-state index is 10.6. The van der Waals surface area contributed by atoms with Crippen molar-refractivity contribution in [1.29, 1.82) is 0 Å². The summed E-state index contributed by atoms with van der Waals surface area (Å²) in [6.45, 7) is 3.65. The normalized spacial score (nSPS) is 10.2. The Balaban J connectivity index is 2.74. The van der Waals surface area contributed by atoms with Gasteiger partial charge in [0, 0.05) is 6.20 Å². The second kappa shape index (κ2) is 2.86. The lowest BCUT2D eigenvalue weighted by atomic mass is 10.2. The molecule has 0 bridgehead atoms. The van der Waals surface area contributed by atoms with Crippen LogP contribution in [0.1, 0.15) is 15.9 Å². The van der Waals surface area contributed by atoms with Crippen molar-refractivity contribution in [3.63, 3.8) is 0 Å². The monoisotopic (exact) mass is 172 g/mol. The van der Waals surface area contributed by atoms with E-state index in [4.69, 9.17) is 0 Å². The van der Waals surface area contributed by atoms with Crippen LogP contribution in [0, 0.1) is 0 Å². The molecule has 0 N–H and O–H groups in total. The number of hydrogen-bond donors (Lipinski definition) is 0. The van der Waals surface area contributed by atoms with Crippen LogP contribution >= 0.6 is 0 Å². The van der Waals surface area contributed by atoms with Crippen LogP contribution in [0.4, 0.5) is 0 Å². The average molecular weight is 172 g/mol. The van der Waals surface area contributed by atoms with E-state index in [0.29, 0.717) is 5.56 Å². The zero-order valence-electron chi connectivity index (χ0n) is 6.97. The molecule has 0 spiro atoms. The zero-order chi connectivity index (χ0) is 9.26. The van der Waals surface area contributed by atoms with Crippen LogP contribution < -0.4 is 0 Å². The summed E-state index contributed by atoms with van der Waals surface area (Å²) in [5.74, 6) is 0. The lowest BCUT2D eigenvalue weighted by Gasteiger charge is -1.95. The molecule has 3 nitrogen and oxygen atoms in total. The van der Waals surface area contributed by atoms with Crippen LogP contribution in [-0.2, 0) is 0 Å². The van der Waals surface area contributed by atoms with Crippen molar-refractivity contribution in [3.05, 3.63) is 42.2 Å². The molecule has 0 atom stereocenters. The van der Waals surface area contributed by atoms with E-state index in [0.717, 1.165) is 17.4 Å². The van der Waals surface area contributed by atoms with Gasteiger partial charge in [0.1, 0.15) is 0 Å². The molecule has 0 unspecified atom stereocenters. The molecule has 0 aliphatic carbocycles. The minimum atomic E-state index is 0.607. The van der Waals surface area contributed by atoms with E-state index in [1.165, 1.54) is 0 Å². The van der Waals surface area contributed by atoms with Crippen molar-refractivity contribution in [2.45, 2.75) is 0 Å². The fourth-order valence-corrected chi connectivity index (χ4v) is 1.23. The minimum absolute atomic E-state index is 0.607. The van der Waals surface area contributed by atoms with Gasteiger partial charge >= 0.3 is 0 Å². The van der Waals surface area contributed by atoms with Crippen LogP contribution in [0.3, 0.4) is 0 Å². The van der Waals surface area contributed by atoms with Crippen LogP contribution in [-0.4, -0.2) is 15.9 Å². The number of carbonyl (C=O) groups is 1. The molecule has 2 rings (SSSR count). The molecule has 0 aromatic carbocycles. The first-order valence-electron chi connectivity index (χ1n) is 3.90. The molecule has 3 heteroatoms. The summed E-state index contributed by atoms with van der Waals surface area (Å²) in [5, 5.41) is 4.04. The molecular formula is C10H8N2O. The summed E-state index contributed by atoms with van der Waals surface area (Å²) in [7, 11) is 0. The molecule has 0 fully saturated rings. The molecule has 0 aliphatic heterocycles. The standard InChI is InChI=1S/C10H8N2O/c1-2-8-3-4-10-9(7-13)5-11-12(10)6-8/h2-7H,1H2. The number of aldehydes is 1. The molecule has 0 aliphatic rings. The smallest absolute Gasteiger partial charge is 0.153 e. The summed E-state index contributed by atoms with van der Waals surface area (Å²) in [4.78, 5) is 10.6. The van der Waals surface area contributed by atoms with Gasteiger partial charge in [-0.2, -0.15) is 5.10 Å². The van der Waals surface area contributed by atoms with Crippen molar-refractivity contribution in [1.82, 2.24) is 9.61 Å². The second-order valence-electron chi connectivity index (χ2n) is 2.71. The lowest BCUT2D eigenvalue weighted by molar-refractivity contribution is 0.112. The van der Waals surface area contributed by atoms with Crippen molar-refractivity contribution >= 4 is 17.9 Å². The van der Waals surface area contributed by atoms with E-state index in [9.17, 15) is 4.79 Å². The van der Waals surface area contributed by atoms with E-state index in [2.05, 4.69) is 11.7 Å². The van der Waals surface area contributed by atoms with Gasteiger partial charge < -0.3 is 0 Å². The summed E-state index contributed by atoms with van der Waals surface area (Å²) in [6, 6.07) is 3.75. The van der Waals surface area contributed by atoms with Gasteiger partial charge in [-0.15, -0.1) is 0 Å². The Labute approximate surface area is 75.3 Å². The van der Waals surface area contributed by atoms with Crippen molar-refractivity contribution in [2.75, 3.05) is 0 Å². The zero-order valence-corrected chi connectivity index (χ0v) is 6.97.